The number of esters is 1. The number of aryl methyl sites for hydroxylation is 1. The van der Waals surface area contributed by atoms with Gasteiger partial charge in [-0.2, -0.15) is 0 Å². The molecule has 2 aromatic carbocycles. The molecule has 3 rings (SSSR count). The summed E-state index contributed by atoms with van der Waals surface area (Å²) in [6, 6.07) is 15.6. The number of amides is 4. The predicted molar refractivity (Wildman–Crippen MR) is 113 cm³/mol. The zero-order valence-corrected chi connectivity index (χ0v) is 17.7. The van der Waals surface area contributed by atoms with Crippen LogP contribution in [0.15, 0.2) is 54.6 Å². The molecule has 0 saturated carbocycles. The van der Waals surface area contributed by atoms with Crippen LogP contribution < -0.4 is 10.6 Å². The van der Waals surface area contributed by atoms with Gasteiger partial charge in [-0.25, -0.2) is 4.79 Å². The van der Waals surface area contributed by atoms with E-state index in [0.29, 0.717) is 5.56 Å². The van der Waals surface area contributed by atoms with Crippen LogP contribution in [0.3, 0.4) is 0 Å². The summed E-state index contributed by atoms with van der Waals surface area (Å²) in [5.74, 6) is -1.88. The maximum absolute atomic E-state index is 12.9. The van der Waals surface area contributed by atoms with Crippen molar-refractivity contribution >= 4 is 23.8 Å². The lowest BCUT2D eigenvalue weighted by molar-refractivity contribution is -0.151. The molecule has 0 bridgehead atoms. The van der Waals surface area contributed by atoms with E-state index in [1.165, 1.54) is 0 Å². The molecule has 31 heavy (non-hydrogen) atoms. The van der Waals surface area contributed by atoms with E-state index in [1.807, 2.05) is 56.3 Å². The number of hydrogen-bond acceptors (Lipinski definition) is 5. The number of nitrogens with zero attached hydrogens (tertiary/aromatic N) is 1. The molecular formula is C23H25N3O5. The number of urea groups is 1. The number of nitrogens with one attached hydrogen (secondary N) is 2. The van der Waals surface area contributed by atoms with Gasteiger partial charge in [0, 0.05) is 0 Å². The van der Waals surface area contributed by atoms with Crippen molar-refractivity contribution in [3.05, 3.63) is 71.3 Å². The van der Waals surface area contributed by atoms with Crippen LogP contribution in [-0.4, -0.2) is 41.9 Å². The van der Waals surface area contributed by atoms with Crippen LogP contribution in [0.4, 0.5) is 4.79 Å². The Morgan fingerprint density at radius 3 is 2.39 bits per heavy atom. The molecule has 1 heterocycles. The summed E-state index contributed by atoms with van der Waals surface area (Å²) in [6.45, 7) is 4.23. The van der Waals surface area contributed by atoms with E-state index >= 15 is 0 Å². The van der Waals surface area contributed by atoms with Crippen molar-refractivity contribution < 1.29 is 23.9 Å². The van der Waals surface area contributed by atoms with Crippen LogP contribution in [-0.2, 0) is 24.7 Å². The van der Waals surface area contributed by atoms with Gasteiger partial charge >= 0.3 is 12.0 Å². The van der Waals surface area contributed by atoms with Gasteiger partial charge in [-0.15, -0.1) is 0 Å². The highest BCUT2D eigenvalue weighted by molar-refractivity contribution is 6.08. The zero-order chi connectivity index (χ0) is 22.6. The topological polar surface area (TPSA) is 105 Å². The zero-order valence-electron chi connectivity index (χ0n) is 17.7. The molecule has 0 spiro atoms. The Hall–Kier alpha value is -3.68. The minimum atomic E-state index is -1.27. The van der Waals surface area contributed by atoms with E-state index in [0.717, 1.165) is 16.0 Å². The molecule has 0 unspecified atom stereocenters. The van der Waals surface area contributed by atoms with Crippen molar-refractivity contribution in [2.45, 2.75) is 32.4 Å². The second-order valence-corrected chi connectivity index (χ2v) is 7.67. The molecule has 2 atom stereocenters. The van der Waals surface area contributed by atoms with Crippen LogP contribution in [0.25, 0.3) is 0 Å². The molecule has 1 aliphatic heterocycles. The van der Waals surface area contributed by atoms with Crippen molar-refractivity contribution in [1.29, 1.82) is 0 Å². The lowest BCUT2D eigenvalue weighted by Gasteiger charge is -2.22. The van der Waals surface area contributed by atoms with Crippen molar-refractivity contribution in [1.82, 2.24) is 15.5 Å². The number of hydrogen-bond donors (Lipinski definition) is 2. The molecular weight excluding hydrogens is 398 g/mol. The Morgan fingerprint density at radius 1 is 1.10 bits per heavy atom. The fraction of sp³-hybridized carbons (Fsp3) is 0.304. The quantitative estimate of drug-likeness (QED) is 0.525. The molecule has 0 aliphatic carbocycles. The highest BCUT2D eigenvalue weighted by Crippen LogP contribution is 2.28. The highest BCUT2D eigenvalue weighted by atomic mass is 16.5. The Bertz CT molecular complexity index is 990. The molecule has 2 N–H and O–H groups in total. The molecule has 1 saturated heterocycles. The predicted octanol–water partition coefficient (Wildman–Crippen LogP) is 2.18. The van der Waals surface area contributed by atoms with Gasteiger partial charge in [0.05, 0.1) is 6.04 Å². The van der Waals surface area contributed by atoms with Gasteiger partial charge < -0.3 is 15.4 Å². The number of carbonyl (C=O) groups excluding carboxylic acids is 4. The third kappa shape index (κ3) is 4.91. The number of benzene rings is 2. The Morgan fingerprint density at radius 2 is 1.74 bits per heavy atom. The maximum Gasteiger partial charge on any atom is 0.326 e. The summed E-state index contributed by atoms with van der Waals surface area (Å²) in [5, 5.41) is 5.36. The third-order valence-electron chi connectivity index (χ3n) is 5.23. The van der Waals surface area contributed by atoms with E-state index in [2.05, 4.69) is 10.6 Å². The number of carbonyl (C=O) groups is 4. The maximum atomic E-state index is 12.9. The SMILES string of the molecule is Cc1ccc([C@@]2(C)NC(=O)N(CC(=O)OCC(=O)N[C@H](C)c3ccccc3)C2=O)cc1. The molecule has 162 valence electrons. The second kappa shape index (κ2) is 8.99. The summed E-state index contributed by atoms with van der Waals surface area (Å²) in [5.41, 5.74) is 1.27. The van der Waals surface area contributed by atoms with E-state index in [-0.39, 0.29) is 6.04 Å². The largest absolute Gasteiger partial charge is 0.454 e. The lowest BCUT2D eigenvalue weighted by atomic mass is 9.91. The lowest BCUT2D eigenvalue weighted by Crippen LogP contribution is -2.42. The first-order chi connectivity index (χ1) is 14.7. The normalized spacial score (nSPS) is 19.0. The van der Waals surface area contributed by atoms with Crippen LogP contribution in [0.1, 0.15) is 36.6 Å². The number of ether oxygens (including phenoxy) is 1. The molecule has 1 aliphatic rings. The average Bonchev–Trinajstić information content (AvgIpc) is 2.97. The fourth-order valence-electron chi connectivity index (χ4n) is 3.35. The Balaban J connectivity index is 1.54. The van der Waals surface area contributed by atoms with Crippen LogP contribution in [0, 0.1) is 6.92 Å². The van der Waals surface area contributed by atoms with Crippen LogP contribution in [0.5, 0.6) is 0 Å². The summed E-state index contributed by atoms with van der Waals surface area (Å²) in [7, 11) is 0. The molecule has 8 nitrogen and oxygen atoms in total. The number of rotatable bonds is 7. The summed E-state index contributed by atoms with van der Waals surface area (Å²) in [4.78, 5) is 50.2. The fourth-order valence-corrected chi connectivity index (χ4v) is 3.35. The van der Waals surface area contributed by atoms with E-state index < -0.39 is 42.5 Å². The average molecular weight is 423 g/mol. The van der Waals surface area contributed by atoms with Gasteiger partial charge in [-0.05, 0) is 31.9 Å². The van der Waals surface area contributed by atoms with Crippen LogP contribution >= 0.6 is 0 Å². The molecule has 8 heteroatoms. The smallest absolute Gasteiger partial charge is 0.326 e. The second-order valence-electron chi connectivity index (χ2n) is 7.67. The first-order valence-electron chi connectivity index (χ1n) is 9.92. The Kier molecular flexibility index (Phi) is 6.39. The van der Waals surface area contributed by atoms with Gasteiger partial charge in [-0.3, -0.25) is 19.3 Å². The first-order valence-corrected chi connectivity index (χ1v) is 9.92. The van der Waals surface area contributed by atoms with E-state index in [1.54, 1.807) is 19.1 Å². The van der Waals surface area contributed by atoms with Crippen molar-refractivity contribution in [2.75, 3.05) is 13.2 Å². The minimum Gasteiger partial charge on any atom is -0.454 e. The monoisotopic (exact) mass is 423 g/mol. The Labute approximate surface area is 180 Å². The van der Waals surface area contributed by atoms with Crippen LogP contribution in [0.2, 0.25) is 0 Å². The van der Waals surface area contributed by atoms with Gasteiger partial charge in [0.25, 0.3) is 11.8 Å². The van der Waals surface area contributed by atoms with Crippen molar-refractivity contribution in [3.8, 4) is 0 Å². The first kappa shape index (κ1) is 22.0. The summed E-state index contributed by atoms with van der Waals surface area (Å²) >= 11 is 0. The third-order valence-corrected chi connectivity index (χ3v) is 5.23. The minimum absolute atomic E-state index is 0.256. The summed E-state index contributed by atoms with van der Waals surface area (Å²) < 4.78 is 4.96. The van der Waals surface area contributed by atoms with E-state index in [9.17, 15) is 19.2 Å². The summed E-state index contributed by atoms with van der Waals surface area (Å²) in [6.07, 6.45) is 0. The van der Waals surface area contributed by atoms with Crippen molar-refractivity contribution in [2.24, 2.45) is 0 Å². The van der Waals surface area contributed by atoms with Crippen molar-refractivity contribution in [3.63, 3.8) is 0 Å². The number of imide groups is 1. The standard InChI is InChI=1S/C23H25N3O5/c1-15-9-11-18(12-10-15)23(3)21(29)26(22(30)25-23)13-20(28)31-14-19(27)24-16(2)17-7-5-4-6-8-17/h4-12,16H,13-14H2,1-3H3,(H,24,27)(H,25,30)/t16-,23-/m1/s1. The van der Waals surface area contributed by atoms with Gasteiger partial charge in [-0.1, -0.05) is 60.2 Å². The molecule has 0 radical (unpaired) electrons. The molecule has 2 aromatic rings. The van der Waals surface area contributed by atoms with Gasteiger partial charge in [0.1, 0.15) is 12.1 Å². The van der Waals surface area contributed by atoms with Gasteiger partial charge in [0.2, 0.25) is 0 Å². The van der Waals surface area contributed by atoms with Gasteiger partial charge in [0.15, 0.2) is 6.61 Å². The van der Waals surface area contributed by atoms with E-state index in [4.69, 9.17) is 4.74 Å². The molecule has 4 amide bonds. The molecule has 0 aromatic heterocycles. The molecule has 1 fully saturated rings. The highest BCUT2D eigenvalue weighted by Gasteiger charge is 2.49.